The van der Waals surface area contributed by atoms with Gasteiger partial charge in [-0.1, -0.05) is 0 Å². The summed E-state index contributed by atoms with van der Waals surface area (Å²) in [5, 5.41) is 0. The number of aryl methyl sites for hydroxylation is 2. The zero-order chi connectivity index (χ0) is 14.0. The number of carbonyl (C=O) groups excluding carboxylic acids is 1. The third-order valence-electron chi connectivity index (χ3n) is 3.06. The summed E-state index contributed by atoms with van der Waals surface area (Å²) in [5.74, 6) is 0. The van der Waals surface area contributed by atoms with Gasteiger partial charge < -0.3 is 9.47 Å². The fourth-order valence-electron chi connectivity index (χ4n) is 2.23. The Labute approximate surface area is 113 Å². The molecule has 0 saturated heterocycles. The van der Waals surface area contributed by atoms with Gasteiger partial charge in [0.2, 0.25) is 0 Å². The minimum atomic E-state index is -0.379. The van der Waals surface area contributed by atoms with Crippen molar-refractivity contribution < 1.29 is 14.3 Å². The number of anilines is 1. The average Bonchev–Trinajstić information content (AvgIpc) is 2.36. The van der Waals surface area contributed by atoms with Gasteiger partial charge in [-0.25, -0.2) is 9.69 Å². The summed E-state index contributed by atoms with van der Waals surface area (Å²) < 4.78 is 10.7. The summed E-state index contributed by atoms with van der Waals surface area (Å²) in [7, 11) is 1.61. The van der Waals surface area contributed by atoms with Gasteiger partial charge in [0.05, 0.1) is 17.5 Å². The zero-order valence-electron chi connectivity index (χ0n) is 11.8. The molecule has 1 aliphatic rings. The molecule has 1 amide bonds. The van der Waals surface area contributed by atoms with Gasteiger partial charge in [0.15, 0.2) is 0 Å². The Bertz CT molecular complexity index is 474. The topological polar surface area (TPSA) is 51.7 Å². The maximum Gasteiger partial charge on any atom is 0.416 e. The minimum Gasteiger partial charge on any atom is -0.446 e. The monoisotopic (exact) mass is 264 g/mol. The Hall–Kier alpha value is -1.62. The van der Waals surface area contributed by atoms with Crippen LogP contribution >= 0.6 is 0 Å². The summed E-state index contributed by atoms with van der Waals surface area (Å²) in [6, 6.07) is 1.95. The van der Waals surface area contributed by atoms with Crippen LogP contribution in [0.1, 0.15) is 31.5 Å². The Morgan fingerprint density at radius 2 is 2.26 bits per heavy atom. The third-order valence-corrected chi connectivity index (χ3v) is 3.06. The largest absolute Gasteiger partial charge is 0.446 e. The highest BCUT2D eigenvalue weighted by atomic mass is 16.6. The molecule has 5 heteroatoms. The number of fused-ring (bicyclic) bond motifs is 1. The van der Waals surface area contributed by atoms with Crippen molar-refractivity contribution in [3.63, 3.8) is 0 Å². The molecule has 0 aliphatic carbocycles. The number of nitrogens with zero attached hydrogens (tertiary/aromatic N) is 2. The number of hydrogen-bond donors (Lipinski definition) is 0. The van der Waals surface area contributed by atoms with E-state index < -0.39 is 0 Å². The fourth-order valence-corrected chi connectivity index (χ4v) is 2.23. The molecule has 0 aromatic carbocycles. The van der Waals surface area contributed by atoms with Gasteiger partial charge in [-0.3, -0.25) is 4.98 Å². The Kier molecular flexibility index (Phi) is 4.04. The van der Waals surface area contributed by atoms with E-state index in [1.165, 1.54) is 0 Å². The van der Waals surface area contributed by atoms with E-state index in [1.807, 2.05) is 33.0 Å². The van der Waals surface area contributed by atoms with E-state index in [9.17, 15) is 4.79 Å². The van der Waals surface area contributed by atoms with Crippen molar-refractivity contribution in [2.45, 2.75) is 45.9 Å². The predicted molar refractivity (Wildman–Crippen MR) is 72.2 cm³/mol. The normalized spacial score (nSPS) is 18.4. The number of amides is 1. The lowest BCUT2D eigenvalue weighted by molar-refractivity contribution is 0.0669. The molecule has 2 rings (SSSR count). The van der Waals surface area contributed by atoms with Crippen molar-refractivity contribution in [2.24, 2.45) is 0 Å². The van der Waals surface area contributed by atoms with Crippen molar-refractivity contribution >= 4 is 11.8 Å². The maximum absolute atomic E-state index is 12.2. The first-order valence-corrected chi connectivity index (χ1v) is 6.51. The van der Waals surface area contributed by atoms with Crippen LogP contribution in [0, 0.1) is 6.92 Å². The molecular formula is C14H20N2O3. The molecule has 0 saturated carbocycles. The van der Waals surface area contributed by atoms with Crippen LogP contribution in [-0.2, 0) is 15.9 Å². The Morgan fingerprint density at radius 1 is 1.53 bits per heavy atom. The van der Waals surface area contributed by atoms with Gasteiger partial charge in [-0.15, -0.1) is 0 Å². The van der Waals surface area contributed by atoms with Crippen molar-refractivity contribution in [2.75, 3.05) is 12.0 Å². The predicted octanol–water partition coefficient (Wildman–Crippen LogP) is 2.66. The fraction of sp³-hybridized carbons (Fsp3) is 0.571. The number of aromatic nitrogens is 1. The van der Waals surface area contributed by atoms with Crippen LogP contribution in [0.5, 0.6) is 0 Å². The lowest BCUT2D eigenvalue weighted by atomic mass is 10.1. The number of pyridine rings is 1. The summed E-state index contributed by atoms with van der Waals surface area (Å²) >= 11 is 0. The van der Waals surface area contributed by atoms with E-state index >= 15 is 0 Å². The Morgan fingerprint density at radius 3 is 2.89 bits per heavy atom. The molecule has 19 heavy (non-hydrogen) atoms. The van der Waals surface area contributed by atoms with Gasteiger partial charge in [-0.05, 0) is 45.2 Å². The van der Waals surface area contributed by atoms with Crippen molar-refractivity contribution in [3.8, 4) is 0 Å². The van der Waals surface area contributed by atoms with Crippen molar-refractivity contribution in [3.05, 3.63) is 23.5 Å². The molecule has 0 bridgehead atoms. The zero-order valence-corrected chi connectivity index (χ0v) is 11.8. The van der Waals surface area contributed by atoms with E-state index in [-0.39, 0.29) is 18.4 Å². The second kappa shape index (κ2) is 5.57. The second-order valence-corrected chi connectivity index (χ2v) is 5.01. The quantitative estimate of drug-likeness (QED) is 0.824. The van der Waals surface area contributed by atoms with Crippen molar-refractivity contribution in [1.29, 1.82) is 0 Å². The maximum atomic E-state index is 12.2. The third kappa shape index (κ3) is 2.87. The van der Waals surface area contributed by atoms with E-state index in [2.05, 4.69) is 4.98 Å². The van der Waals surface area contributed by atoms with Crippen LogP contribution in [-0.4, -0.2) is 30.5 Å². The Balaban J connectivity index is 2.37. The van der Waals surface area contributed by atoms with Gasteiger partial charge in [0.1, 0.15) is 6.23 Å². The van der Waals surface area contributed by atoms with Crippen LogP contribution < -0.4 is 4.90 Å². The molecule has 104 valence electrons. The number of ether oxygens (including phenoxy) is 2. The molecule has 1 aliphatic heterocycles. The van der Waals surface area contributed by atoms with Gasteiger partial charge in [0.25, 0.3) is 0 Å². The first-order chi connectivity index (χ1) is 9.02. The average molecular weight is 264 g/mol. The summed E-state index contributed by atoms with van der Waals surface area (Å²) in [6.07, 6.45) is 2.52. The van der Waals surface area contributed by atoms with Crippen LogP contribution in [0.4, 0.5) is 10.5 Å². The highest BCUT2D eigenvalue weighted by Gasteiger charge is 2.33. The first kappa shape index (κ1) is 13.8. The second-order valence-electron chi connectivity index (χ2n) is 5.01. The number of carbonyl (C=O) groups is 1. The standard InChI is InChI=1S/C14H20N2O3/c1-9(2)19-14(17)16-12-7-10(3)8-15-11(12)5-6-13(16)18-4/h7-9,13H,5-6H2,1-4H3. The number of rotatable bonds is 2. The van der Waals surface area contributed by atoms with Gasteiger partial charge in [-0.2, -0.15) is 0 Å². The lowest BCUT2D eigenvalue weighted by Crippen LogP contribution is -2.46. The summed E-state index contributed by atoms with van der Waals surface area (Å²) in [6.45, 7) is 5.62. The van der Waals surface area contributed by atoms with E-state index in [1.54, 1.807) is 12.0 Å². The van der Waals surface area contributed by atoms with Crippen LogP contribution in [0.3, 0.4) is 0 Å². The molecule has 1 unspecified atom stereocenters. The lowest BCUT2D eigenvalue weighted by Gasteiger charge is -2.35. The van der Waals surface area contributed by atoms with Crippen molar-refractivity contribution in [1.82, 2.24) is 4.98 Å². The van der Waals surface area contributed by atoms with Gasteiger partial charge in [0, 0.05) is 13.3 Å². The highest BCUT2D eigenvalue weighted by molar-refractivity contribution is 5.89. The SMILES string of the molecule is COC1CCc2ncc(C)cc2N1C(=O)OC(C)C. The van der Waals surface area contributed by atoms with Crippen LogP contribution in [0.25, 0.3) is 0 Å². The van der Waals surface area contributed by atoms with Gasteiger partial charge >= 0.3 is 6.09 Å². The molecule has 0 fully saturated rings. The molecule has 0 spiro atoms. The molecule has 0 N–H and O–H groups in total. The minimum absolute atomic E-state index is 0.159. The highest BCUT2D eigenvalue weighted by Crippen LogP contribution is 2.31. The van der Waals surface area contributed by atoms with E-state index in [0.29, 0.717) is 0 Å². The molecule has 0 radical (unpaired) electrons. The number of methoxy groups -OCH3 is 1. The molecule has 1 atom stereocenters. The molecule has 2 heterocycles. The summed E-state index contributed by atoms with van der Waals surface area (Å²) in [4.78, 5) is 18.2. The van der Waals surface area contributed by atoms with E-state index in [0.717, 1.165) is 29.8 Å². The molecule has 1 aromatic rings. The van der Waals surface area contributed by atoms with Crippen LogP contribution in [0.2, 0.25) is 0 Å². The summed E-state index contributed by atoms with van der Waals surface area (Å²) in [5.41, 5.74) is 2.72. The van der Waals surface area contributed by atoms with E-state index in [4.69, 9.17) is 9.47 Å². The van der Waals surface area contributed by atoms with Crippen LogP contribution in [0.15, 0.2) is 12.3 Å². The molecule has 5 nitrogen and oxygen atoms in total. The first-order valence-electron chi connectivity index (χ1n) is 6.51. The number of hydrogen-bond acceptors (Lipinski definition) is 4. The smallest absolute Gasteiger partial charge is 0.416 e. The molecule has 1 aromatic heterocycles. The molecular weight excluding hydrogens is 244 g/mol.